The highest BCUT2D eigenvalue weighted by Gasteiger charge is 2.21. The molecule has 0 radical (unpaired) electrons. The van der Waals surface area contributed by atoms with Crippen LogP contribution in [0.4, 0.5) is 5.82 Å². The first kappa shape index (κ1) is 21.5. The van der Waals surface area contributed by atoms with Gasteiger partial charge in [0.15, 0.2) is 5.96 Å². The molecular formula is C22H31N5O3. The van der Waals surface area contributed by atoms with E-state index in [-0.39, 0.29) is 0 Å². The molecule has 2 aromatic rings. The number of hydrogen-bond donors (Lipinski definition) is 1. The quantitative estimate of drug-likeness (QED) is 0.552. The molecule has 0 atom stereocenters. The number of pyridine rings is 1. The maximum absolute atomic E-state index is 5.55. The van der Waals surface area contributed by atoms with Crippen molar-refractivity contribution in [2.24, 2.45) is 4.99 Å². The summed E-state index contributed by atoms with van der Waals surface area (Å²) in [5.74, 6) is 4.00. The average molecular weight is 414 g/mol. The van der Waals surface area contributed by atoms with Gasteiger partial charge in [-0.3, -0.25) is 0 Å². The van der Waals surface area contributed by atoms with Crippen LogP contribution in [0.15, 0.2) is 41.5 Å². The third kappa shape index (κ3) is 5.06. The van der Waals surface area contributed by atoms with Crippen LogP contribution in [-0.2, 0) is 6.54 Å². The summed E-state index contributed by atoms with van der Waals surface area (Å²) >= 11 is 0. The Labute approximate surface area is 178 Å². The topological polar surface area (TPSA) is 71.5 Å². The van der Waals surface area contributed by atoms with Crippen LogP contribution < -0.4 is 24.4 Å². The number of benzene rings is 1. The Morgan fingerprint density at radius 2 is 1.73 bits per heavy atom. The molecular weight excluding hydrogens is 382 g/mol. The Hall–Kier alpha value is -3.16. The number of ether oxygens (including phenoxy) is 3. The van der Waals surface area contributed by atoms with E-state index in [1.54, 1.807) is 21.3 Å². The van der Waals surface area contributed by atoms with E-state index in [2.05, 4.69) is 33.1 Å². The highest BCUT2D eigenvalue weighted by atomic mass is 16.5. The second-order valence-electron chi connectivity index (χ2n) is 6.84. The third-order valence-corrected chi connectivity index (χ3v) is 5.09. The first-order valence-electron chi connectivity index (χ1n) is 10.2. The van der Waals surface area contributed by atoms with Crippen LogP contribution in [0.1, 0.15) is 12.5 Å². The molecule has 0 bridgehead atoms. The Bertz CT molecular complexity index is 811. The number of hydrogen-bond acceptors (Lipinski definition) is 6. The van der Waals surface area contributed by atoms with Gasteiger partial charge in [-0.1, -0.05) is 6.07 Å². The van der Waals surface area contributed by atoms with Gasteiger partial charge in [0.25, 0.3) is 0 Å². The molecule has 1 aliphatic rings. The summed E-state index contributed by atoms with van der Waals surface area (Å²) < 4.78 is 16.4. The fourth-order valence-corrected chi connectivity index (χ4v) is 3.50. The summed E-state index contributed by atoms with van der Waals surface area (Å²) in [6, 6.07) is 9.72. The number of aliphatic imine (C=N–C) groups is 1. The molecule has 1 N–H and O–H groups in total. The van der Waals surface area contributed by atoms with Crippen molar-refractivity contribution < 1.29 is 14.2 Å². The lowest BCUT2D eigenvalue weighted by Crippen LogP contribution is -2.52. The molecule has 1 aromatic heterocycles. The van der Waals surface area contributed by atoms with Crippen molar-refractivity contribution in [2.75, 3.05) is 59.0 Å². The van der Waals surface area contributed by atoms with E-state index in [0.29, 0.717) is 23.8 Å². The number of methoxy groups -OCH3 is 3. The minimum Gasteiger partial charge on any atom is -0.496 e. The lowest BCUT2D eigenvalue weighted by molar-refractivity contribution is 0.365. The lowest BCUT2D eigenvalue weighted by atomic mass is 10.1. The predicted molar refractivity (Wildman–Crippen MR) is 119 cm³/mol. The van der Waals surface area contributed by atoms with E-state index >= 15 is 0 Å². The van der Waals surface area contributed by atoms with Gasteiger partial charge in [0.05, 0.1) is 33.4 Å². The first-order chi connectivity index (χ1) is 14.7. The van der Waals surface area contributed by atoms with Crippen LogP contribution in [0.25, 0.3) is 0 Å². The van der Waals surface area contributed by atoms with E-state index in [0.717, 1.165) is 50.1 Å². The van der Waals surface area contributed by atoms with Crippen LogP contribution in [0.3, 0.4) is 0 Å². The molecule has 2 heterocycles. The summed E-state index contributed by atoms with van der Waals surface area (Å²) in [6.45, 7) is 6.87. The SMILES string of the molecule is CCNC(=NCc1c(OC)cc(OC)cc1OC)N1CCN(c2ccccn2)CC1. The molecule has 0 aliphatic carbocycles. The zero-order valence-electron chi connectivity index (χ0n) is 18.2. The van der Waals surface area contributed by atoms with Gasteiger partial charge in [0, 0.05) is 51.1 Å². The Morgan fingerprint density at radius 3 is 2.27 bits per heavy atom. The van der Waals surface area contributed by atoms with Crippen LogP contribution in [0.5, 0.6) is 17.2 Å². The number of guanidine groups is 1. The molecule has 0 unspecified atom stereocenters. The highest BCUT2D eigenvalue weighted by molar-refractivity contribution is 5.80. The molecule has 1 aliphatic heterocycles. The fourth-order valence-electron chi connectivity index (χ4n) is 3.50. The molecule has 1 saturated heterocycles. The Balaban J connectivity index is 1.74. The number of rotatable bonds is 7. The average Bonchev–Trinajstić information content (AvgIpc) is 2.82. The van der Waals surface area contributed by atoms with E-state index in [9.17, 15) is 0 Å². The van der Waals surface area contributed by atoms with Gasteiger partial charge < -0.3 is 29.3 Å². The van der Waals surface area contributed by atoms with Crippen molar-refractivity contribution >= 4 is 11.8 Å². The van der Waals surface area contributed by atoms with Crippen molar-refractivity contribution in [1.82, 2.24) is 15.2 Å². The van der Waals surface area contributed by atoms with Gasteiger partial charge in [0.2, 0.25) is 0 Å². The van der Waals surface area contributed by atoms with E-state index < -0.39 is 0 Å². The van der Waals surface area contributed by atoms with Crippen molar-refractivity contribution in [3.63, 3.8) is 0 Å². The normalized spacial score (nSPS) is 14.5. The molecule has 1 aromatic carbocycles. The largest absolute Gasteiger partial charge is 0.496 e. The Morgan fingerprint density at radius 1 is 1.03 bits per heavy atom. The number of nitrogens with zero attached hydrogens (tertiary/aromatic N) is 4. The van der Waals surface area contributed by atoms with Crippen molar-refractivity contribution in [2.45, 2.75) is 13.5 Å². The maximum Gasteiger partial charge on any atom is 0.194 e. The summed E-state index contributed by atoms with van der Waals surface area (Å²) in [7, 11) is 4.91. The highest BCUT2D eigenvalue weighted by Crippen LogP contribution is 2.34. The van der Waals surface area contributed by atoms with Crippen molar-refractivity contribution in [1.29, 1.82) is 0 Å². The van der Waals surface area contributed by atoms with Crippen LogP contribution >= 0.6 is 0 Å². The lowest BCUT2D eigenvalue weighted by Gasteiger charge is -2.37. The summed E-state index contributed by atoms with van der Waals surface area (Å²) in [5, 5.41) is 3.41. The van der Waals surface area contributed by atoms with Gasteiger partial charge in [-0.15, -0.1) is 0 Å². The molecule has 162 valence electrons. The molecule has 8 heteroatoms. The summed E-state index contributed by atoms with van der Waals surface area (Å²) in [6.07, 6.45) is 1.84. The van der Waals surface area contributed by atoms with Crippen molar-refractivity contribution in [3.05, 3.63) is 42.1 Å². The minimum absolute atomic E-state index is 0.444. The van der Waals surface area contributed by atoms with Gasteiger partial charge >= 0.3 is 0 Å². The zero-order valence-corrected chi connectivity index (χ0v) is 18.2. The van der Waals surface area contributed by atoms with Gasteiger partial charge in [-0.05, 0) is 19.1 Å². The molecule has 3 rings (SSSR count). The molecule has 0 spiro atoms. The van der Waals surface area contributed by atoms with Crippen LogP contribution in [-0.4, -0.2) is 69.9 Å². The monoisotopic (exact) mass is 413 g/mol. The fraction of sp³-hybridized carbons (Fsp3) is 0.455. The standard InChI is InChI=1S/C22H31N5O3/c1-5-23-22(27-12-10-26(11-13-27)21-8-6-7-9-24-21)25-16-18-19(29-3)14-17(28-2)15-20(18)30-4/h6-9,14-15H,5,10-13,16H2,1-4H3,(H,23,25). The summed E-state index contributed by atoms with van der Waals surface area (Å²) in [5.41, 5.74) is 0.892. The van der Waals surface area contributed by atoms with E-state index in [4.69, 9.17) is 19.2 Å². The molecule has 30 heavy (non-hydrogen) atoms. The second kappa shape index (κ2) is 10.6. The van der Waals surface area contributed by atoms with Crippen molar-refractivity contribution in [3.8, 4) is 17.2 Å². The molecule has 1 fully saturated rings. The minimum atomic E-state index is 0.444. The van der Waals surface area contributed by atoms with Crippen LogP contribution in [0, 0.1) is 0 Å². The number of anilines is 1. The van der Waals surface area contributed by atoms with Crippen LogP contribution in [0.2, 0.25) is 0 Å². The van der Waals surface area contributed by atoms with Gasteiger partial charge in [0.1, 0.15) is 23.1 Å². The Kier molecular flexibility index (Phi) is 7.59. The molecule has 8 nitrogen and oxygen atoms in total. The predicted octanol–water partition coefficient (Wildman–Crippen LogP) is 2.40. The maximum atomic E-state index is 5.55. The molecule has 0 amide bonds. The third-order valence-electron chi connectivity index (χ3n) is 5.09. The number of aromatic nitrogens is 1. The van der Waals surface area contributed by atoms with E-state index in [1.165, 1.54) is 0 Å². The zero-order chi connectivity index (χ0) is 21.3. The first-order valence-corrected chi connectivity index (χ1v) is 10.2. The van der Waals surface area contributed by atoms with Gasteiger partial charge in [-0.2, -0.15) is 0 Å². The smallest absolute Gasteiger partial charge is 0.194 e. The van der Waals surface area contributed by atoms with E-state index in [1.807, 2.05) is 30.5 Å². The van der Waals surface area contributed by atoms with Gasteiger partial charge in [-0.25, -0.2) is 9.98 Å². The number of nitrogens with one attached hydrogen (secondary N) is 1. The number of piperazine rings is 1. The summed E-state index contributed by atoms with van der Waals surface area (Å²) in [4.78, 5) is 13.9. The molecule has 0 saturated carbocycles. The second-order valence-corrected chi connectivity index (χ2v) is 6.84.